The molecule has 0 bridgehead atoms. The molecular weight excluding hydrogens is 192 g/mol. The zero-order valence-corrected chi connectivity index (χ0v) is 6.80. The van der Waals surface area contributed by atoms with E-state index in [2.05, 4.69) is 32.2 Å². The van der Waals surface area contributed by atoms with Crippen LogP contribution in [0.5, 0.6) is 0 Å². The van der Waals surface area contributed by atoms with Crippen LogP contribution in [0.3, 0.4) is 0 Å². The number of rotatable bonds is 0. The molecule has 10 heavy (non-hydrogen) atoms. The first kappa shape index (κ1) is 6.04. The largest absolute Gasteiger partial charge is 0.184 e. The topological polar surface area (TPSA) is 24.7 Å². The van der Waals surface area contributed by atoms with Crippen molar-refractivity contribution >= 4 is 21.6 Å². The van der Waals surface area contributed by atoms with Crippen LogP contribution in [0.2, 0.25) is 0 Å². The molecule has 0 aromatic heterocycles. The van der Waals surface area contributed by atoms with Gasteiger partial charge >= 0.3 is 0 Å². The third-order valence-electron chi connectivity index (χ3n) is 1.46. The average Bonchev–Trinajstić information content (AvgIpc) is 2.33. The fourth-order valence-electron chi connectivity index (χ4n) is 0.966. The Hall–Kier alpha value is -0.700. The molecule has 1 aliphatic heterocycles. The fraction of sp³-hybridized carbons (Fsp3) is 0.143. The lowest BCUT2D eigenvalue weighted by molar-refractivity contribution is 1.04. The molecular formula is C7H5BrN2. The van der Waals surface area contributed by atoms with Crippen molar-refractivity contribution in [1.82, 2.24) is 0 Å². The van der Waals surface area contributed by atoms with Gasteiger partial charge in [0.25, 0.3) is 0 Å². The molecule has 1 aromatic carbocycles. The van der Waals surface area contributed by atoms with Gasteiger partial charge in [-0.15, -0.1) is 0 Å². The summed E-state index contributed by atoms with van der Waals surface area (Å²) >= 11 is 3.38. The summed E-state index contributed by atoms with van der Waals surface area (Å²) in [5.74, 6) is 0. The van der Waals surface area contributed by atoms with Crippen molar-refractivity contribution in [2.24, 2.45) is 10.2 Å². The Balaban J connectivity index is 2.59. The average molecular weight is 197 g/mol. The highest BCUT2D eigenvalue weighted by molar-refractivity contribution is 9.10. The summed E-state index contributed by atoms with van der Waals surface area (Å²) < 4.78 is 1.10. The van der Waals surface area contributed by atoms with Crippen LogP contribution in [0.4, 0.5) is 5.69 Å². The lowest BCUT2D eigenvalue weighted by Crippen LogP contribution is -1.74. The number of hydrogen-bond donors (Lipinski definition) is 0. The second-order valence-electron chi connectivity index (χ2n) is 2.17. The first-order valence-electron chi connectivity index (χ1n) is 3.02. The number of azo groups is 1. The Labute approximate surface area is 67.1 Å². The molecule has 0 aliphatic carbocycles. The third kappa shape index (κ3) is 0.865. The van der Waals surface area contributed by atoms with Crippen LogP contribution in [0.15, 0.2) is 32.9 Å². The zero-order chi connectivity index (χ0) is 6.97. The second kappa shape index (κ2) is 2.16. The predicted molar refractivity (Wildman–Crippen MR) is 42.4 cm³/mol. The normalized spacial score (nSPS) is 13.7. The van der Waals surface area contributed by atoms with Gasteiger partial charge in [-0.05, 0) is 18.2 Å². The summed E-state index contributed by atoms with van der Waals surface area (Å²) in [6.45, 7) is 0.731. The lowest BCUT2D eigenvalue weighted by atomic mass is 10.2. The van der Waals surface area contributed by atoms with Crippen LogP contribution < -0.4 is 0 Å². The van der Waals surface area contributed by atoms with E-state index in [0.29, 0.717) is 0 Å². The third-order valence-corrected chi connectivity index (χ3v) is 1.95. The number of fused-ring (bicyclic) bond motifs is 1. The van der Waals surface area contributed by atoms with Crippen LogP contribution >= 0.6 is 15.9 Å². The molecule has 0 unspecified atom stereocenters. The highest BCUT2D eigenvalue weighted by Gasteiger charge is 2.06. The maximum Gasteiger partial charge on any atom is 0.0904 e. The molecule has 2 nitrogen and oxygen atoms in total. The van der Waals surface area contributed by atoms with E-state index in [1.807, 2.05) is 12.1 Å². The SMILES string of the molecule is Brc1ccc2c(c1)CN=N2. The highest BCUT2D eigenvalue weighted by Crippen LogP contribution is 2.28. The molecule has 1 aromatic rings. The summed E-state index contributed by atoms with van der Waals surface area (Å²) in [5.41, 5.74) is 2.21. The van der Waals surface area contributed by atoms with E-state index < -0.39 is 0 Å². The van der Waals surface area contributed by atoms with Gasteiger partial charge in [-0.3, -0.25) is 0 Å². The maximum absolute atomic E-state index is 3.94. The molecule has 1 heterocycles. The molecule has 0 saturated heterocycles. The molecule has 0 atom stereocenters. The van der Waals surface area contributed by atoms with Crippen molar-refractivity contribution in [2.75, 3.05) is 0 Å². The summed E-state index contributed by atoms with van der Waals surface area (Å²) in [6, 6.07) is 5.99. The van der Waals surface area contributed by atoms with Crippen molar-refractivity contribution < 1.29 is 0 Å². The van der Waals surface area contributed by atoms with E-state index in [1.54, 1.807) is 0 Å². The van der Waals surface area contributed by atoms with Crippen molar-refractivity contribution in [1.29, 1.82) is 0 Å². The molecule has 0 N–H and O–H groups in total. The maximum atomic E-state index is 3.94. The van der Waals surface area contributed by atoms with Gasteiger partial charge in [0.2, 0.25) is 0 Å². The van der Waals surface area contributed by atoms with Crippen molar-refractivity contribution in [2.45, 2.75) is 6.54 Å². The van der Waals surface area contributed by atoms with Gasteiger partial charge < -0.3 is 0 Å². The van der Waals surface area contributed by atoms with Gasteiger partial charge in [-0.1, -0.05) is 15.9 Å². The van der Waals surface area contributed by atoms with E-state index in [1.165, 1.54) is 5.56 Å². The molecule has 50 valence electrons. The molecule has 3 heteroatoms. The first-order chi connectivity index (χ1) is 4.86. The van der Waals surface area contributed by atoms with Crippen molar-refractivity contribution in [3.63, 3.8) is 0 Å². The van der Waals surface area contributed by atoms with E-state index in [-0.39, 0.29) is 0 Å². The minimum Gasteiger partial charge on any atom is -0.184 e. The number of nitrogens with zero attached hydrogens (tertiary/aromatic N) is 2. The van der Waals surface area contributed by atoms with Crippen LogP contribution in [0.25, 0.3) is 0 Å². The summed E-state index contributed by atoms with van der Waals surface area (Å²) in [6.07, 6.45) is 0. The smallest absolute Gasteiger partial charge is 0.0904 e. The number of hydrogen-bond acceptors (Lipinski definition) is 2. The van der Waals surface area contributed by atoms with Gasteiger partial charge in [-0.2, -0.15) is 10.2 Å². The molecule has 1 aliphatic rings. The van der Waals surface area contributed by atoms with Gasteiger partial charge in [0.1, 0.15) is 0 Å². The number of benzene rings is 1. The predicted octanol–water partition coefficient (Wildman–Crippen LogP) is 3.05. The Morgan fingerprint density at radius 3 is 3.20 bits per heavy atom. The summed E-state index contributed by atoms with van der Waals surface area (Å²) in [4.78, 5) is 0. The van der Waals surface area contributed by atoms with Gasteiger partial charge in [-0.25, -0.2) is 0 Å². The number of halogens is 1. The highest BCUT2D eigenvalue weighted by atomic mass is 79.9. The molecule has 2 rings (SSSR count). The molecule has 0 amide bonds. The monoisotopic (exact) mass is 196 g/mol. The molecule has 0 radical (unpaired) electrons. The van der Waals surface area contributed by atoms with Gasteiger partial charge in [0.05, 0.1) is 12.2 Å². The van der Waals surface area contributed by atoms with Crippen LogP contribution in [0, 0.1) is 0 Å². The Morgan fingerprint density at radius 1 is 1.40 bits per heavy atom. The molecule has 0 spiro atoms. The van der Waals surface area contributed by atoms with Crippen LogP contribution in [-0.4, -0.2) is 0 Å². The standard InChI is InChI=1S/C7H5BrN2/c8-6-1-2-7-5(3-6)4-9-10-7/h1-3H,4H2. The Kier molecular flexibility index (Phi) is 1.31. The summed E-state index contributed by atoms with van der Waals surface area (Å²) in [7, 11) is 0. The minimum atomic E-state index is 0.731. The Bertz CT molecular complexity index is 294. The quantitative estimate of drug-likeness (QED) is 0.610. The van der Waals surface area contributed by atoms with E-state index in [9.17, 15) is 0 Å². The zero-order valence-electron chi connectivity index (χ0n) is 5.21. The van der Waals surface area contributed by atoms with Crippen LogP contribution in [-0.2, 0) is 6.54 Å². The first-order valence-corrected chi connectivity index (χ1v) is 3.81. The van der Waals surface area contributed by atoms with Crippen molar-refractivity contribution in [3.05, 3.63) is 28.2 Å². The molecule has 0 saturated carbocycles. The van der Waals surface area contributed by atoms with Gasteiger partial charge in [0, 0.05) is 10.0 Å². The Morgan fingerprint density at radius 2 is 2.30 bits per heavy atom. The second-order valence-corrected chi connectivity index (χ2v) is 3.09. The van der Waals surface area contributed by atoms with Gasteiger partial charge in [0.15, 0.2) is 0 Å². The van der Waals surface area contributed by atoms with Crippen LogP contribution in [0.1, 0.15) is 5.56 Å². The minimum absolute atomic E-state index is 0.731. The molecule has 0 fully saturated rings. The summed E-state index contributed by atoms with van der Waals surface area (Å²) in [5, 5.41) is 7.84. The fourth-order valence-corrected chi connectivity index (χ4v) is 1.37. The van der Waals surface area contributed by atoms with E-state index in [0.717, 1.165) is 16.7 Å². The van der Waals surface area contributed by atoms with Crippen molar-refractivity contribution in [3.8, 4) is 0 Å². The van der Waals surface area contributed by atoms with E-state index in [4.69, 9.17) is 0 Å². The lowest BCUT2D eigenvalue weighted by Gasteiger charge is -1.93. The van der Waals surface area contributed by atoms with E-state index >= 15 is 0 Å².